The number of hydrogen-bond donors (Lipinski definition) is 0. The van der Waals surface area contributed by atoms with Gasteiger partial charge in [-0.05, 0) is 20.3 Å². The van der Waals surface area contributed by atoms with Gasteiger partial charge in [0.1, 0.15) is 13.5 Å². The molecule has 0 N–H and O–H groups in total. The summed E-state index contributed by atoms with van der Waals surface area (Å²) >= 11 is 0. The Morgan fingerprint density at radius 2 is 2.23 bits per heavy atom. The first-order chi connectivity index (χ1) is 6.17. The molecule has 0 aromatic carbocycles. The van der Waals surface area contributed by atoms with Gasteiger partial charge in [0.2, 0.25) is 0 Å². The van der Waals surface area contributed by atoms with Crippen molar-refractivity contribution in [2.45, 2.75) is 39.2 Å². The third-order valence-electron chi connectivity index (χ3n) is 2.45. The van der Waals surface area contributed by atoms with Crippen LogP contribution >= 0.6 is 0 Å². The van der Waals surface area contributed by atoms with E-state index < -0.39 is 0 Å². The summed E-state index contributed by atoms with van der Waals surface area (Å²) in [7, 11) is 0. The van der Waals surface area contributed by atoms with Gasteiger partial charge in [0.25, 0.3) is 0 Å². The molecule has 1 aliphatic rings. The molecule has 0 atom stereocenters. The number of ether oxygens (including phenoxy) is 2. The number of nitrogens with zero attached hydrogens (tertiary/aromatic N) is 1. The minimum Gasteiger partial charge on any atom is -0.366 e. The summed E-state index contributed by atoms with van der Waals surface area (Å²) in [6.45, 7) is 9.62. The van der Waals surface area contributed by atoms with Crippen LogP contribution in [0.3, 0.4) is 0 Å². The zero-order chi connectivity index (χ0) is 9.73. The monoisotopic (exact) mass is 187 g/mol. The molecule has 1 heterocycles. The normalized spacial score (nSPS) is 22.4. The van der Waals surface area contributed by atoms with E-state index >= 15 is 0 Å². The van der Waals surface area contributed by atoms with Crippen LogP contribution in [0.4, 0.5) is 0 Å². The molecule has 1 saturated heterocycles. The Bertz CT molecular complexity index is 148. The molecule has 0 radical (unpaired) electrons. The first-order valence-electron chi connectivity index (χ1n) is 5.07. The van der Waals surface area contributed by atoms with Crippen LogP contribution in [-0.2, 0) is 9.47 Å². The van der Waals surface area contributed by atoms with Crippen molar-refractivity contribution in [1.82, 2.24) is 4.90 Å². The summed E-state index contributed by atoms with van der Waals surface area (Å²) in [6.07, 6.45) is 2.34. The van der Waals surface area contributed by atoms with E-state index in [1.165, 1.54) is 6.42 Å². The lowest BCUT2D eigenvalue weighted by Gasteiger charge is -2.28. The maximum Gasteiger partial charge on any atom is 0.101 e. The molecule has 1 rings (SSSR count). The largest absolute Gasteiger partial charge is 0.366 e. The fourth-order valence-corrected chi connectivity index (χ4v) is 1.30. The molecule has 0 unspecified atom stereocenters. The smallest absolute Gasteiger partial charge is 0.101 e. The van der Waals surface area contributed by atoms with E-state index in [4.69, 9.17) is 9.47 Å². The van der Waals surface area contributed by atoms with E-state index in [1.54, 1.807) is 0 Å². The SMILES string of the molecule is CCCCOCN1COCC1(C)C. The van der Waals surface area contributed by atoms with Gasteiger partial charge in [0.05, 0.1) is 6.61 Å². The highest BCUT2D eigenvalue weighted by atomic mass is 16.5. The molecular formula is C10H21NO2. The van der Waals surface area contributed by atoms with Gasteiger partial charge in [-0.25, -0.2) is 0 Å². The molecule has 78 valence electrons. The maximum atomic E-state index is 5.54. The average molecular weight is 187 g/mol. The summed E-state index contributed by atoms with van der Waals surface area (Å²) in [6, 6.07) is 0. The Morgan fingerprint density at radius 1 is 1.46 bits per heavy atom. The molecule has 1 aliphatic heterocycles. The molecule has 0 bridgehead atoms. The molecule has 0 aliphatic carbocycles. The lowest BCUT2D eigenvalue weighted by atomic mass is 10.1. The highest BCUT2D eigenvalue weighted by molar-refractivity contribution is 4.82. The van der Waals surface area contributed by atoms with Crippen LogP contribution < -0.4 is 0 Å². The first kappa shape index (κ1) is 11.0. The van der Waals surface area contributed by atoms with Crippen LogP contribution in [0.1, 0.15) is 33.6 Å². The summed E-state index contributed by atoms with van der Waals surface area (Å²) in [5, 5.41) is 0. The predicted molar refractivity (Wildman–Crippen MR) is 52.5 cm³/mol. The molecule has 3 nitrogen and oxygen atoms in total. The highest BCUT2D eigenvalue weighted by Gasteiger charge is 2.32. The second kappa shape index (κ2) is 4.94. The van der Waals surface area contributed by atoms with Gasteiger partial charge in [-0.3, -0.25) is 4.90 Å². The molecule has 0 aromatic rings. The Morgan fingerprint density at radius 3 is 2.77 bits per heavy atom. The fourth-order valence-electron chi connectivity index (χ4n) is 1.30. The molecule has 1 fully saturated rings. The molecule has 0 amide bonds. The van der Waals surface area contributed by atoms with Gasteiger partial charge in [-0.1, -0.05) is 13.3 Å². The lowest BCUT2D eigenvalue weighted by molar-refractivity contribution is -0.0123. The fraction of sp³-hybridized carbons (Fsp3) is 1.00. The van der Waals surface area contributed by atoms with Crippen LogP contribution in [-0.4, -0.2) is 37.1 Å². The van der Waals surface area contributed by atoms with Crippen molar-refractivity contribution in [3.8, 4) is 0 Å². The van der Waals surface area contributed by atoms with E-state index in [2.05, 4.69) is 25.7 Å². The van der Waals surface area contributed by atoms with Gasteiger partial charge in [-0.15, -0.1) is 0 Å². The molecular weight excluding hydrogens is 166 g/mol. The Balaban J connectivity index is 2.14. The second-order valence-corrected chi connectivity index (χ2v) is 4.22. The summed E-state index contributed by atoms with van der Waals surface area (Å²) in [5.74, 6) is 0. The Labute approximate surface area is 81.0 Å². The third-order valence-corrected chi connectivity index (χ3v) is 2.45. The zero-order valence-electron chi connectivity index (χ0n) is 9.01. The van der Waals surface area contributed by atoms with Crippen molar-refractivity contribution in [1.29, 1.82) is 0 Å². The third kappa shape index (κ3) is 3.25. The quantitative estimate of drug-likeness (QED) is 0.613. The van der Waals surface area contributed by atoms with Crippen molar-refractivity contribution < 1.29 is 9.47 Å². The Hall–Kier alpha value is -0.120. The zero-order valence-corrected chi connectivity index (χ0v) is 9.01. The van der Waals surface area contributed by atoms with Gasteiger partial charge >= 0.3 is 0 Å². The van der Waals surface area contributed by atoms with E-state index in [1.807, 2.05) is 0 Å². The average Bonchev–Trinajstić information content (AvgIpc) is 2.40. The van der Waals surface area contributed by atoms with E-state index in [0.717, 1.165) is 19.6 Å². The summed E-state index contributed by atoms with van der Waals surface area (Å²) in [5.41, 5.74) is 0.145. The van der Waals surface area contributed by atoms with Crippen molar-refractivity contribution in [2.24, 2.45) is 0 Å². The Kier molecular flexibility index (Phi) is 4.16. The molecule has 13 heavy (non-hydrogen) atoms. The van der Waals surface area contributed by atoms with Gasteiger partial charge in [-0.2, -0.15) is 0 Å². The van der Waals surface area contributed by atoms with Crippen LogP contribution in [0, 0.1) is 0 Å². The summed E-state index contributed by atoms with van der Waals surface area (Å²) < 4.78 is 10.9. The minimum atomic E-state index is 0.145. The lowest BCUT2D eigenvalue weighted by Crippen LogP contribution is -2.41. The van der Waals surface area contributed by atoms with E-state index in [0.29, 0.717) is 13.5 Å². The maximum absolute atomic E-state index is 5.54. The van der Waals surface area contributed by atoms with Crippen LogP contribution in [0.25, 0.3) is 0 Å². The van der Waals surface area contributed by atoms with E-state index in [-0.39, 0.29) is 5.54 Å². The van der Waals surface area contributed by atoms with E-state index in [9.17, 15) is 0 Å². The van der Waals surface area contributed by atoms with Gasteiger partial charge < -0.3 is 9.47 Å². The number of rotatable bonds is 5. The molecule has 0 aromatic heterocycles. The molecule has 0 spiro atoms. The van der Waals surface area contributed by atoms with Crippen molar-refractivity contribution in [3.63, 3.8) is 0 Å². The highest BCUT2D eigenvalue weighted by Crippen LogP contribution is 2.20. The standard InChI is InChI=1S/C10H21NO2/c1-4-5-6-12-8-11-9-13-7-10(11,2)3/h4-9H2,1-3H3. The van der Waals surface area contributed by atoms with Crippen molar-refractivity contribution in [2.75, 3.05) is 26.7 Å². The second-order valence-electron chi connectivity index (χ2n) is 4.22. The first-order valence-corrected chi connectivity index (χ1v) is 5.07. The number of hydrogen-bond acceptors (Lipinski definition) is 3. The molecule has 0 saturated carbocycles. The molecule has 3 heteroatoms. The van der Waals surface area contributed by atoms with Crippen LogP contribution in [0.2, 0.25) is 0 Å². The van der Waals surface area contributed by atoms with Gasteiger partial charge in [0.15, 0.2) is 0 Å². The summed E-state index contributed by atoms with van der Waals surface area (Å²) in [4.78, 5) is 2.22. The van der Waals surface area contributed by atoms with Crippen LogP contribution in [0.15, 0.2) is 0 Å². The number of unbranched alkanes of at least 4 members (excludes halogenated alkanes) is 1. The van der Waals surface area contributed by atoms with Crippen molar-refractivity contribution >= 4 is 0 Å². The van der Waals surface area contributed by atoms with Gasteiger partial charge in [0, 0.05) is 12.1 Å². The topological polar surface area (TPSA) is 21.7 Å². The van der Waals surface area contributed by atoms with Crippen molar-refractivity contribution in [3.05, 3.63) is 0 Å². The minimum absolute atomic E-state index is 0.145. The predicted octanol–water partition coefficient (Wildman–Crippen LogP) is 1.83. The van der Waals surface area contributed by atoms with Crippen LogP contribution in [0.5, 0.6) is 0 Å².